The molecule has 0 atom stereocenters. The van der Waals surface area contributed by atoms with E-state index in [-0.39, 0.29) is 22.6 Å². The van der Waals surface area contributed by atoms with E-state index in [4.69, 9.17) is 9.47 Å². The lowest BCUT2D eigenvalue weighted by Crippen LogP contribution is -2.08. The first-order chi connectivity index (χ1) is 16.4. The van der Waals surface area contributed by atoms with Crippen LogP contribution in [0.5, 0.6) is 17.2 Å². The molecule has 0 radical (unpaired) electrons. The summed E-state index contributed by atoms with van der Waals surface area (Å²) >= 11 is 0. The zero-order chi connectivity index (χ0) is 24.5. The Morgan fingerprint density at radius 2 is 1.56 bits per heavy atom. The highest BCUT2D eigenvalue weighted by Crippen LogP contribution is 2.31. The predicted molar refractivity (Wildman–Crippen MR) is 124 cm³/mol. The average Bonchev–Trinajstić information content (AvgIpc) is 2.83. The molecule has 0 saturated heterocycles. The van der Waals surface area contributed by atoms with Gasteiger partial charge in [0.25, 0.3) is 0 Å². The minimum absolute atomic E-state index is 0.0443. The Hall–Kier alpha value is -3.48. The second-order valence-electron chi connectivity index (χ2n) is 7.94. The maximum atomic E-state index is 14.7. The van der Waals surface area contributed by atoms with Gasteiger partial charge < -0.3 is 14.6 Å². The maximum absolute atomic E-state index is 14.7. The molecule has 1 N–H and O–H groups in total. The molecule has 7 heteroatoms. The van der Waals surface area contributed by atoms with Crippen LogP contribution in [0.25, 0.3) is 11.1 Å². The summed E-state index contributed by atoms with van der Waals surface area (Å²) in [6.07, 6.45) is 6.40. The first kappa shape index (κ1) is 25.1. The monoisotopic (exact) mass is 472 g/mol. The number of hydrogen-bond acceptors (Lipinski definition) is 4. The zero-order valence-electron chi connectivity index (χ0n) is 19.0. The molecule has 3 rings (SSSR count). The Balaban J connectivity index is 1.60. The number of aromatic hydroxyl groups is 1. The summed E-state index contributed by atoms with van der Waals surface area (Å²) in [5.74, 6) is -4.40. The number of carbonyl (C=O) groups is 1. The van der Waals surface area contributed by atoms with Gasteiger partial charge in [-0.05, 0) is 54.4 Å². The van der Waals surface area contributed by atoms with Crippen LogP contribution < -0.4 is 9.47 Å². The van der Waals surface area contributed by atoms with Crippen LogP contribution in [0.15, 0.2) is 54.6 Å². The molecule has 0 saturated carbocycles. The number of rotatable bonds is 11. The van der Waals surface area contributed by atoms with Gasteiger partial charge in [-0.1, -0.05) is 51.2 Å². The SMILES string of the molecule is CCCCCCCCOc1ccc(-c2ccc(OC(=O)c3ccc(O)c(F)c3)cc2)c(F)c1F. The highest BCUT2D eigenvalue weighted by Gasteiger charge is 2.17. The molecule has 0 fully saturated rings. The summed E-state index contributed by atoms with van der Waals surface area (Å²) in [6.45, 7) is 2.48. The number of benzene rings is 3. The maximum Gasteiger partial charge on any atom is 0.343 e. The Bertz CT molecular complexity index is 1110. The Morgan fingerprint density at radius 3 is 2.26 bits per heavy atom. The van der Waals surface area contributed by atoms with Gasteiger partial charge >= 0.3 is 5.97 Å². The van der Waals surface area contributed by atoms with Crippen LogP contribution in [-0.2, 0) is 0 Å². The molecule has 0 heterocycles. The molecule has 0 aromatic heterocycles. The lowest BCUT2D eigenvalue weighted by molar-refractivity contribution is 0.0734. The molecule has 0 aliphatic carbocycles. The van der Waals surface area contributed by atoms with Gasteiger partial charge in [-0.15, -0.1) is 0 Å². The summed E-state index contributed by atoms with van der Waals surface area (Å²) in [5, 5.41) is 9.21. The Labute approximate surface area is 197 Å². The molecule has 0 aliphatic rings. The first-order valence-electron chi connectivity index (χ1n) is 11.3. The van der Waals surface area contributed by atoms with E-state index < -0.39 is 29.2 Å². The van der Waals surface area contributed by atoms with Gasteiger partial charge in [0.05, 0.1) is 12.2 Å². The highest BCUT2D eigenvalue weighted by atomic mass is 19.2. The standard InChI is InChI=1S/C27H27F3O4/c1-2-3-4-5-6-7-16-33-24-15-13-21(25(29)26(24)30)18-8-11-20(12-9-18)34-27(32)19-10-14-23(31)22(28)17-19/h8-15,17,31H,2-7,16H2,1H3. The topological polar surface area (TPSA) is 55.8 Å². The van der Waals surface area contributed by atoms with E-state index in [0.717, 1.165) is 31.4 Å². The number of unbranched alkanes of at least 4 members (excludes halogenated alkanes) is 5. The molecule has 34 heavy (non-hydrogen) atoms. The quantitative estimate of drug-likeness (QED) is 0.179. The van der Waals surface area contributed by atoms with Crippen LogP contribution >= 0.6 is 0 Å². The molecule has 0 spiro atoms. The minimum atomic E-state index is -1.05. The largest absolute Gasteiger partial charge is 0.505 e. The molecule has 0 unspecified atom stereocenters. The van der Waals surface area contributed by atoms with Crippen molar-refractivity contribution in [1.82, 2.24) is 0 Å². The normalized spacial score (nSPS) is 10.8. The van der Waals surface area contributed by atoms with Crippen LogP contribution in [0, 0.1) is 17.5 Å². The third-order valence-corrected chi connectivity index (χ3v) is 5.36. The van der Waals surface area contributed by atoms with Gasteiger partial charge in [0.1, 0.15) is 5.75 Å². The van der Waals surface area contributed by atoms with Crippen LogP contribution in [0.2, 0.25) is 0 Å². The van der Waals surface area contributed by atoms with Gasteiger partial charge in [-0.3, -0.25) is 0 Å². The molecule has 0 bridgehead atoms. The van der Waals surface area contributed by atoms with Crippen molar-refractivity contribution in [2.75, 3.05) is 6.61 Å². The van der Waals surface area contributed by atoms with Crippen LogP contribution in [0.1, 0.15) is 55.8 Å². The molecule has 0 amide bonds. The molecule has 180 valence electrons. The Kier molecular flexibility index (Phi) is 8.96. The van der Waals surface area contributed by atoms with Crippen molar-refractivity contribution in [3.8, 4) is 28.4 Å². The number of carbonyl (C=O) groups excluding carboxylic acids is 1. The number of halogens is 3. The van der Waals surface area contributed by atoms with Gasteiger partial charge in [-0.2, -0.15) is 4.39 Å². The van der Waals surface area contributed by atoms with E-state index in [9.17, 15) is 23.1 Å². The van der Waals surface area contributed by atoms with Gasteiger partial charge in [0.15, 0.2) is 23.1 Å². The number of phenols is 1. The van der Waals surface area contributed by atoms with E-state index in [1.165, 1.54) is 61.7 Å². The smallest absolute Gasteiger partial charge is 0.343 e. The third-order valence-electron chi connectivity index (χ3n) is 5.36. The number of phenolic OH excluding ortho intramolecular Hbond substituents is 1. The highest BCUT2D eigenvalue weighted by molar-refractivity contribution is 5.91. The summed E-state index contributed by atoms with van der Waals surface area (Å²) in [6, 6.07) is 11.8. The molecule has 4 nitrogen and oxygen atoms in total. The van der Waals surface area contributed by atoms with Crippen molar-refractivity contribution in [2.24, 2.45) is 0 Å². The Morgan fingerprint density at radius 1 is 0.853 bits per heavy atom. The van der Waals surface area contributed by atoms with Gasteiger partial charge in [-0.25, -0.2) is 13.6 Å². The summed E-state index contributed by atoms with van der Waals surface area (Å²) in [4.78, 5) is 12.1. The van der Waals surface area contributed by atoms with Crippen molar-refractivity contribution in [2.45, 2.75) is 45.4 Å². The first-order valence-corrected chi connectivity index (χ1v) is 11.3. The fourth-order valence-corrected chi connectivity index (χ4v) is 3.43. The van der Waals surface area contributed by atoms with E-state index >= 15 is 0 Å². The molecule has 3 aromatic carbocycles. The number of esters is 1. The lowest BCUT2D eigenvalue weighted by atomic mass is 10.0. The van der Waals surface area contributed by atoms with Crippen LogP contribution in [-0.4, -0.2) is 17.7 Å². The molecule has 3 aromatic rings. The molecular weight excluding hydrogens is 445 g/mol. The van der Waals surface area contributed by atoms with Crippen molar-refractivity contribution < 1.29 is 32.5 Å². The van der Waals surface area contributed by atoms with E-state index in [1.54, 1.807) is 0 Å². The van der Waals surface area contributed by atoms with E-state index in [0.29, 0.717) is 12.2 Å². The van der Waals surface area contributed by atoms with Crippen molar-refractivity contribution in [3.05, 3.63) is 77.6 Å². The second-order valence-corrected chi connectivity index (χ2v) is 7.94. The van der Waals surface area contributed by atoms with E-state index in [1.807, 2.05) is 0 Å². The fourth-order valence-electron chi connectivity index (χ4n) is 3.43. The zero-order valence-corrected chi connectivity index (χ0v) is 19.0. The fraction of sp³-hybridized carbons (Fsp3) is 0.296. The van der Waals surface area contributed by atoms with Crippen molar-refractivity contribution in [3.63, 3.8) is 0 Å². The third kappa shape index (κ3) is 6.53. The second kappa shape index (κ2) is 12.1. The number of hydrogen-bond donors (Lipinski definition) is 1. The predicted octanol–water partition coefficient (Wildman–Crippen LogP) is 7.44. The summed E-state index contributed by atoms with van der Waals surface area (Å²) in [7, 11) is 0. The average molecular weight is 473 g/mol. The number of ether oxygens (including phenoxy) is 2. The minimum Gasteiger partial charge on any atom is -0.505 e. The van der Waals surface area contributed by atoms with Crippen molar-refractivity contribution >= 4 is 5.97 Å². The molecule has 0 aliphatic heterocycles. The van der Waals surface area contributed by atoms with E-state index in [2.05, 4.69) is 6.92 Å². The van der Waals surface area contributed by atoms with Gasteiger partial charge in [0, 0.05) is 5.56 Å². The lowest BCUT2D eigenvalue weighted by Gasteiger charge is -2.11. The van der Waals surface area contributed by atoms with Crippen LogP contribution in [0.3, 0.4) is 0 Å². The van der Waals surface area contributed by atoms with Crippen LogP contribution in [0.4, 0.5) is 13.2 Å². The van der Waals surface area contributed by atoms with Crippen molar-refractivity contribution in [1.29, 1.82) is 0 Å². The summed E-state index contributed by atoms with van der Waals surface area (Å²) < 4.78 is 53.2. The van der Waals surface area contributed by atoms with Gasteiger partial charge in [0.2, 0.25) is 5.82 Å². The summed E-state index contributed by atoms with van der Waals surface area (Å²) in [5.41, 5.74) is 0.348. The molecular formula is C27H27F3O4.